The van der Waals surface area contributed by atoms with E-state index in [0.717, 1.165) is 25.8 Å². The van der Waals surface area contributed by atoms with Crippen molar-refractivity contribution in [3.05, 3.63) is 66.2 Å². The largest absolute Gasteiger partial charge is 0.339 e. The molecule has 2 N–H and O–H groups in total. The van der Waals surface area contributed by atoms with Gasteiger partial charge in [-0.3, -0.25) is 19.8 Å². The van der Waals surface area contributed by atoms with Crippen LogP contribution >= 0.6 is 0 Å². The van der Waals surface area contributed by atoms with E-state index >= 15 is 0 Å². The third-order valence-corrected chi connectivity index (χ3v) is 5.43. The van der Waals surface area contributed by atoms with Gasteiger partial charge in [0.25, 0.3) is 5.91 Å². The fourth-order valence-electron chi connectivity index (χ4n) is 3.91. The number of carbonyl (C=O) groups excluding carboxylic acids is 3. The molecule has 2 aromatic carbocycles. The Balaban J connectivity index is 1.49. The molecule has 0 aliphatic carbocycles. The maximum atomic E-state index is 12.7. The number of likely N-dealkylation sites (tertiary alicyclic amines) is 1. The lowest BCUT2D eigenvalue weighted by molar-refractivity contribution is -0.121. The Morgan fingerprint density at radius 3 is 2.19 bits per heavy atom. The molecule has 0 spiro atoms. The number of nitrogens with zero attached hydrogens (tertiary/aromatic N) is 2. The van der Waals surface area contributed by atoms with Crippen molar-refractivity contribution in [3.8, 4) is 0 Å². The molecule has 0 unspecified atom stereocenters. The van der Waals surface area contributed by atoms with E-state index in [1.807, 2.05) is 53.4 Å². The van der Waals surface area contributed by atoms with Crippen LogP contribution in [0.4, 0.5) is 10.5 Å². The first-order valence-electron chi connectivity index (χ1n) is 10.8. The molecule has 31 heavy (non-hydrogen) atoms. The van der Waals surface area contributed by atoms with Gasteiger partial charge in [-0.1, -0.05) is 43.3 Å². The Morgan fingerprint density at radius 1 is 0.968 bits per heavy atom. The van der Waals surface area contributed by atoms with Gasteiger partial charge in [-0.2, -0.15) is 0 Å². The van der Waals surface area contributed by atoms with E-state index in [2.05, 4.69) is 22.5 Å². The highest BCUT2D eigenvalue weighted by Crippen LogP contribution is 2.19. The zero-order chi connectivity index (χ0) is 22.1. The highest BCUT2D eigenvalue weighted by atomic mass is 16.2. The number of imide groups is 1. The molecule has 4 amide bonds. The quantitative estimate of drug-likeness (QED) is 0.717. The van der Waals surface area contributed by atoms with Crippen LogP contribution in [-0.2, 0) is 4.79 Å². The number of benzene rings is 2. The van der Waals surface area contributed by atoms with E-state index in [1.165, 1.54) is 0 Å². The molecule has 1 heterocycles. The molecule has 1 saturated heterocycles. The van der Waals surface area contributed by atoms with Crippen LogP contribution in [0.5, 0.6) is 0 Å². The Labute approximate surface area is 183 Å². The van der Waals surface area contributed by atoms with Crippen molar-refractivity contribution in [1.82, 2.24) is 15.1 Å². The van der Waals surface area contributed by atoms with Crippen LogP contribution in [0.2, 0.25) is 0 Å². The molecular formula is C24H30N4O3. The minimum Gasteiger partial charge on any atom is -0.339 e. The van der Waals surface area contributed by atoms with Gasteiger partial charge in [0.2, 0.25) is 5.91 Å². The zero-order valence-corrected chi connectivity index (χ0v) is 17.9. The number of nitrogens with one attached hydrogen (secondary N) is 2. The first kappa shape index (κ1) is 22.5. The summed E-state index contributed by atoms with van der Waals surface area (Å²) in [4.78, 5) is 41.2. The minimum atomic E-state index is -0.532. The topological polar surface area (TPSA) is 81.8 Å². The van der Waals surface area contributed by atoms with Crippen LogP contribution in [0.1, 0.15) is 36.5 Å². The van der Waals surface area contributed by atoms with Crippen molar-refractivity contribution < 1.29 is 14.4 Å². The van der Waals surface area contributed by atoms with Crippen LogP contribution < -0.4 is 10.6 Å². The second kappa shape index (κ2) is 11.3. The minimum absolute atomic E-state index is 0.0522. The molecule has 0 radical (unpaired) electrons. The second-order valence-corrected chi connectivity index (χ2v) is 7.73. The third kappa shape index (κ3) is 6.65. The summed E-state index contributed by atoms with van der Waals surface area (Å²) >= 11 is 0. The number of hydrogen-bond acceptors (Lipinski definition) is 4. The van der Waals surface area contributed by atoms with Crippen LogP contribution in [0.25, 0.3) is 0 Å². The number of rotatable bonds is 7. The summed E-state index contributed by atoms with van der Waals surface area (Å²) in [6.45, 7) is 4.32. The molecule has 7 heteroatoms. The van der Waals surface area contributed by atoms with Crippen molar-refractivity contribution in [3.63, 3.8) is 0 Å². The number of para-hydroxylation sites is 1. The number of carbonyl (C=O) groups is 3. The molecule has 0 aromatic heterocycles. The average Bonchev–Trinajstić information content (AvgIpc) is 2.79. The van der Waals surface area contributed by atoms with Crippen molar-refractivity contribution in [1.29, 1.82) is 0 Å². The Bertz CT molecular complexity index is 865. The van der Waals surface area contributed by atoms with Crippen molar-refractivity contribution in [2.45, 2.75) is 32.2 Å². The molecule has 1 fully saturated rings. The van der Waals surface area contributed by atoms with E-state index in [4.69, 9.17) is 0 Å². The molecule has 0 atom stereocenters. The predicted octanol–water partition coefficient (Wildman–Crippen LogP) is 3.35. The van der Waals surface area contributed by atoms with Gasteiger partial charge in [0.05, 0.1) is 6.54 Å². The van der Waals surface area contributed by atoms with Gasteiger partial charge in [-0.25, -0.2) is 4.79 Å². The van der Waals surface area contributed by atoms with Crippen molar-refractivity contribution in [2.24, 2.45) is 0 Å². The van der Waals surface area contributed by atoms with Crippen LogP contribution in [-0.4, -0.2) is 59.9 Å². The molecular weight excluding hydrogens is 392 g/mol. The summed E-state index contributed by atoms with van der Waals surface area (Å²) in [6.07, 6.45) is 2.52. The second-order valence-electron chi connectivity index (χ2n) is 7.73. The van der Waals surface area contributed by atoms with Gasteiger partial charge in [-0.15, -0.1) is 0 Å². The van der Waals surface area contributed by atoms with Crippen LogP contribution in [0.15, 0.2) is 60.7 Å². The highest BCUT2D eigenvalue weighted by Gasteiger charge is 2.28. The van der Waals surface area contributed by atoms with Gasteiger partial charge in [0, 0.05) is 30.4 Å². The molecule has 2 aromatic rings. The average molecular weight is 423 g/mol. The molecule has 0 saturated carbocycles. The SMILES string of the molecule is CCCN(CC(=O)NC(=O)Nc1ccccc1)C1CCN(C(=O)c2ccccc2)CC1. The van der Waals surface area contributed by atoms with E-state index in [0.29, 0.717) is 24.3 Å². The normalized spacial score (nSPS) is 14.3. The molecule has 3 rings (SSSR count). The van der Waals surface area contributed by atoms with Gasteiger partial charge >= 0.3 is 6.03 Å². The number of hydrogen-bond donors (Lipinski definition) is 2. The number of urea groups is 1. The van der Waals surface area contributed by atoms with E-state index < -0.39 is 6.03 Å². The summed E-state index contributed by atoms with van der Waals surface area (Å²) in [5, 5.41) is 5.07. The Kier molecular flexibility index (Phi) is 8.18. The van der Waals surface area contributed by atoms with E-state index in [-0.39, 0.29) is 24.4 Å². The number of piperidine rings is 1. The molecule has 7 nitrogen and oxygen atoms in total. The standard InChI is InChI=1S/C24H30N4O3/c1-2-15-28(18-22(29)26-24(31)25-20-11-7-4-8-12-20)21-13-16-27(17-14-21)23(30)19-9-5-3-6-10-19/h3-12,21H,2,13-18H2,1H3,(H2,25,26,29,31). The van der Waals surface area contributed by atoms with Crippen LogP contribution in [0.3, 0.4) is 0 Å². The lowest BCUT2D eigenvalue weighted by Gasteiger charge is -2.38. The third-order valence-electron chi connectivity index (χ3n) is 5.43. The first-order chi connectivity index (χ1) is 15.1. The lowest BCUT2D eigenvalue weighted by Crippen LogP contribution is -2.50. The maximum absolute atomic E-state index is 12.7. The predicted molar refractivity (Wildman–Crippen MR) is 121 cm³/mol. The summed E-state index contributed by atoms with van der Waals surface area (Å²) < 4.78 is 0. The van der Waals surface area contributed by atoms with Gasteiger partial charge in [-0.05, 0) is 50.1 Å². The summed E-state index contributed by atoms with van der Waals surface area (Å²) in [7, 11) is 0. The zero-order valence-electron chi connectivity index (χ0n) is 17.9. The van der Waals surface area contributed by atoms with Gasteiger partial charge < -0.3 is 10.2 Å². The highest BCUT2D eigenvalue weighted by molar-refractivity contribution is 6.01. The first-order valence-corrected chi connectivity index (χ1v) is 10.8. The number of anilines is 1. The van der Waals surface area contributed by atoms with Gasteiger partial charge in [0.15, 0.2) is 0 Å². The van der Waals surface area contributed by atoms with Crippen LogP contribution in [0, 0.1) is 0 Å². The summed E-state index contributed by atoms with van der Waals surface area (Å²) in [6, 6.07) is 18.0. The lowest BCUT2D eigenvalue weighted by atomic mass is 10.0. The van der Waals surface area contributed by atoms with E-state index in [9.17, 15) is 14.4 Å². The Morgan fingerprint density at radius 2 is 1.58 bits per heavy atom. The van der Waals surface area contributed by atoms with Crippen molar-refractivity contribution >= 4 is 23.5 Å². The number of amides is 4. The smallest absolute Gasteiger partial charge is 0.325 e. The summed E-state index contributed by atoms with van der Waals surface area (Å²) in [5.41, 5.74) is 1.34. The molecule has 0 bridgehead atoms. The maximum Gasteiger partial charge on any atom is 0.325 e. The summed E-state index contributed by atoms with van der Waals surface area (Å²) in [5.74, 6) is -0.277. The fourth-order valence-corrected chi connectivity index (χ4v) is 3.91. The molecule has 164 valence electrons. The van der Waals surface area contributed by atoms with E-state index in [1.54, 1.807) is 12.1 Å². The molecule has 1 aliphatic heterocycles. The Hall–Kier alpha value is -3.19. The molecule has 1 aliphatic rings. The van der Waals surface area contributed by atoms with Crippen molar-refractivity contribution in [2.75, 3.05) is 31.5 Å². The fraction of sp³-hybridized carbons (Fsp3) is 0.375. The monoisotopic (exact) mass is 422 g/mol. The van der Waals surface area contributed by atoms with Gasteiger partial charge in [0.1, 0.15) is 0 Å².